The zero-order chi connectivity index (χ0) is 21.0. The highest BCUT2D eigenvalue weighted by molar-refractivity contribution is 7.80. The second-order valence-corrected chi connectivity index (χ2v) is 7.81. The summed E-state index contributed by atoms with van der Waals surface area (Å²) in [6, 6.07) is 12.5. The third-order valence-electron chi connectivity index (χ3n) is 5.44. The summed E-state index contributed by atoms with van der Waals surface area (Å²) in [6.45, 7) is 8.97. The maximum atomic E-state index is 12.5. The van der Waals surface area contributed by atoms with Crippen LogP contribution < -0.4 is 16.2 Å². The van der Waals surface area contributed by atoms with Gasteiger partial charge < -0.3 is 15.6 Å². The number of fused-ring (bicyclic) bond motifs is 1. The first-order chi connectivity index (χ1) is 13.9. The number of benzene rings is 2. The van der Waals surface area contributed by atoms with Crippen molar-refractivity contribution in [2.45, 2.75) is 47.0 Å². The van der Waals surface area contributed by atoms with E-state index in [0.717, 1.165) is 46.1 Å². The van der Waals surface area contributed by atoms with Crippen molar-refractivity contribution in [3.8, 4) is 0 Å². The predicted octanol–water partition coefficient (Wildman–Crippen LogP) is 4.80. The van der Waals surface area contributed by atoms with Gasteiger partial charge in [-0.25, -0.2) is 0 Å². The summed E-state index contributed by atoms with van der Waals surface area (Å²) in [7, 11) is 0. The van der Waals surface area contributed by atoms with E-state index in [1.807, 2.05) is 19.1 Å². The molecule has 0 amide bonds. The molecule has 4 nitrogen and oxygen atoms in total. The van der Waals surface area contributed by atoms with Crippen LogP contribution in [0.1, 0.15) is 41.7 Å². The molecule has 152 valence electrons. The Balaban J connectivity index is 1.69. The van der Waals surface area contributed by atoms with Crippen LogP contribution in [0, 0.1) is 13.8 Å². The van der Waals surface area contributed by atoms with Gasteiger partial charge in [0.25, 0.3) is 5.56 Å². The maximum Gasteiger partial charge on any atom is 0.251 e. The van der Waals surface area contributed by atoms with Gasteiger partial charge in [0.1, 0.15) is 0 Å². The Morgan fingerprint density at radius 2 is 1.66 bits per heavy atom. The third kappa shape index (κ3) is 4.67. The molecule has 0 aliphatic rings. The highest BCUT2D eigenvalue weighted by Gasteiger charge is 2.09. The molecular formula is C24H29N3OS. The summed E-state index contributed by atoms with van der Waals surface area (Å²) in [5.41, 5.74) is 7.52. The van der Waals surface area contributed by atoms with E-state index >= 15 is 0 Å². The Hall–Kier alpha value is -2.66. The van der Waals surface area contributed by atoms with Gasteiger partial charge in [0.05, 0.1) is 5.52 Å². The summed E-state index contributed by atoms with van der Waals surface area (Å²) < 4.78 is 0. The van der Waals surface area contributed by atoms with Crippen molar-refractivity contribution >= 4 is 33.9 Å². The molecule has 0 aliphatic heterocycles. The molecule has 0 saturated heterocycles. The smallest absolute Gasteiger partial charge is 0.251 e. The second-order valence-electron chi connectivity index (χ2n) is 7.40. The summed E-state index contributed by atoms with van der Waals surface area (Å²) in [4.78, 5) is 15.5. The molecule has 0 bridgehead atoms. The van der Waals surface area contributed by atoms with Crippen LogP contribution in [0.3, 0.4) is 0 Å². The molecule has 0 fully saturated rings. The monoisotopic (exact) mass is 407 g/mol. The largest absolute Gasteiger partial charge is 0.362 e. The lowest BCUT2D eigenvalue weighted by atomic mass is 10.0. The molecule has 0 unspecified atom stereocenters. The highest BCUT2D eigenvalue weighted by Crippen LogP contribution is 2.22. The average Bonchev–Trinajstić information content (AvgIpc) is 2.71. The molecule has 1 heterocycles. The quantitative estimate of drug-likeness (QED) is 0.514. The zero-order valence-electron chi connectivity index (χ0n) is 17.6. The van der Waals surface area contributed by atoms with Crippen molar-refractivity contribution in [1.29, 1.82) is 0 Å². The molecule has 5 heteroatoms. The number of thiocarbonyl (C=S) groups is 1. The molecule has 0 radical (unpaired) electrons. The van der Waals surface area contributed by atoms with Crippen LogP contribution in [0.2, 0.25) is 0 Å². The molecule has 0 atom stereocenters. The Morgan fingerprint density at radius 3 is 2.31 bits per heavy atom. The number of rotatable bonds is 6. The molecular weight excluding hydrogens is 378 g/mol. The first-order valence-corrected chi connectivity index (χ1v) is 10.6. The van der Waals surface area contributed by atoms with E-state index in [2.05, 4.69) is 60.7 Å². The molecule has 0 saturated carbocycles. The van der Waals surface area contributed by atoms with Gasteiger partial charge >= 0.3 is 0 Å². The zero-order valence-corrected chi connectivity index (χ0v) is 18.4. The van der Waals surface area contributed by atoms with Gasteiger partial charge in [0, 0.05) is 23.2 Å². The average molecular weight is 408 g/mol. The number of H-pyrrole nitrogens is 1. The molecule has 2 aromatic carbocycles. The molecule has 3 aromatic rings. The predicted molar refractivity (Wildman–Crippen MR) is 127 cm³/mol. The SMILES string of the molecule is CCc1cccc(CC)c1NC(=S)NCCc1cc2c(C)ccc(C)c2[nH]c1=O. The Kier molecular flexibility index (Phi) is 6.70. The minimum absolute atomic E-state index is 0.0310. The molecule has 1 aromatic heterocycles. The van der Waals surface area contributed by atoms with Crippen LogP contribution in [-0.4, -0.2) is 16.6 Å². The number of anilines is 1. The van der Waals surface area contributed by atoms with Gasteiger partial charge in [0.2, 0.25) is 0 Å². The fraction of sp³-hybridized carbons (Fsp3) is 0.333. The van der Waals surface area contributed by atoms with Crippen molar-refractivity contribution in [2.75, 3.05) is 11.9 Å². The number of nitrogens with one attached hydrogen (secondary N) is 3. The lowest BCUT2D eigenvalue weighted by molar-refractivity contribution is 0.862. The minimum atomic E-state index is -0.0310. The number of aromatic nitrogens is 1. The molecule has 3 N–H and O–H groups in total. The van der Waals surface area contributed by atoms with Gasteiger partial charge in [-0.1, -0.05) is 44.2 Å². The number of pyridine rings is 1. The number of hydrogen-bond acceptors (Lipinski definition) is 2. The highest BCUT2D eigenvalue weighted by atomic mass is 32.1. The minimum Gasteiger partial charge on any atom is -0.362 e. The van der Waals surface area contributed by atoms with E-state index in [0.29, 0.717) is 18.1 Å². The van der Waals surface area contributed by atoms with Crippen LogP contribution in [0.4, 0.5) is 5.69 Å². The molecule has 0 spiro atoms. The van der Waals surface area contributed by atoms with E-state index in [4.69, 9.17) is 12.2 Å². The van der Waals surface area contributed by atoms with Crippen molar-refractivity contribution in [2.24, 2.45) is 0 Å². The van der Waals surface area contributed by atoms with Gasteiger partial charge in [-0.05, 0) is 73.6 Å². The summed E-state index contributed by atoms with van der Waals surface area (Å²) in [6.07, 6.45) is 2.50. The lowest BCUT2D eigenvalue weighted by Gasteiger charge is -2.17. The lowest BCUT2D eigenvalue weighted by Crippen LogP contribution is -2.32. The van der Waals surface area contributed by atoms with Crippen LogP contribution in [-0.2, 0) is 19.3 Å². The Morgan fingerprint density at radius 1 is 1.00 bits per heavy atom. The van der Waals surface area contributed by atoms with Gasteiger partial charge in [-0.2, -0.15) is 0 Å². The summed E-state index contributed by atoms with van der Waals surface area (Å²) in [5.74, 6) is 0. The van der Waals surface area contributed by atoms with Crippen molar-refractivity contribution in [3.63, 3.8) is 0 Å². The van der Waals surface area contributed by atoms with Crippen molar-refractivity contribution in [1.82, 2.24) is 10.3 Å². The normalized spacial score (nSPS) is 10.9. The second kappa shape index (κ2) is 9.23. The standard InChI is InChI=1S/C24H29N3OS/c1-5-17-8-7-9-18(6-2)22(17)27-24(29)25-13-12-19-14-20-15(3)10-11-16(4)21(20)26-23(19)28/h7-11,14H,5-6,12-13H2,1-4H3,(H,26,28)(H2,25,27,29). The van der Waals surface area contributed by atoms with E-state index in [-0.39, 0.29) is 5.56 Å². The van der Waals surface area contributed by atoms with Crippen LogP contribution in [0.5, 0.6) is 0 Å². The fourth-order valence-electron chi connectivity index (χ4n) is 3.68. The van der Waals surface area contributed by atoms with Crippen molar-refractivity contribution in [3.05, 3.63) is 74.6 Å². The molecule has 0 aliphatic carbocycles. The number of para-hydroxylation sites is 1. The fourth-order valence-corrected chi connectivity index (χ4v) is 3.88. The van der Waals surface area contributed by atoms with Gasteiger partial charge in [0.15, 0.2) is 5.11 Å². The van der Waals surface area contributed by atoms with Crippen LogP contribution in [0.25, 0.3) is 10.9 Å². The van der Waals surface area contributed by atoms with E-state index < -0.39 is 0 Å². The number of aryl methyl sites for hydroxylation is 4. The maximum absolute atomic E-state index is 12.5. The van der Waals surface area contributed by atoms with Gasteiger partial charge in [-0.3, -0.25) is 4.79 Å². The Labute approximate surface area is 177 Å². The van der Waals surface area contributed by atoms with Crippen LogP contribution >= 0.6 is 12.2 Å². The van der Waals surface area contributed by atoms with Crippen LogP contribution in [0.15, 0.2) is 41.2 Å². The summed E-state index contributed by atoms with van der Waals surface area (Å²) >= 11 is 5.51. The molecule has 3 rings (SSSR count). The van der Waals surface area contributed by atoms with E-state index in [1.165, 1.54) is 11.1 Å². The topological polar surface area (TPSA) is 56.9 Å². The Bertz CT molecular complexity index is 1080. The van der Waals surface area contributed by atoms with E-state index in [9.17, 15) is 4.79 Å². The first kappa shape index (κ1) is 21.1. The number of hydrogen-bond donors (Lipinski definition) is 3. The molecule has 29 heavy (non-hydrogen) atoms. The van der Waals surface area contributed by atoms with Gasteiger partial charge in [-0.15, -0.1) is 0 Å². The third-order valence-corrected chi connectivity index (χ3v) is 5.68. The van der Waals surface area contributed by atoms with Crippen molar-refractivity contribution < 1.29 is 0 Å². The first-order valence-electron chi connectivity index (χ1n) is 10.2. The summed E-state index contributed by atoms with van der Waals surface area (Å²) in [5, 5.41) is 8.30. The number of aromatic amines is 1. The van der Waals surface area contributed by atoms with E-state index in [1.54, 1.807) is 0 Å².